The van der Waals surface area contributed by atoms with Gasteiger partial charge in [0.2, 0.25) is 0 Å². The number of nitrogens with zero attached hydrogens (tertiary/aromatic N) is 4. The van der Waals surface area contributed by atoms with Gasteiger partial charge in [-0.15, -0.1) is 0 Å². The van der Waals surface area contributed by atoms with E-state index in [1.807, 2.05) is 42.2 Å². The van der Waals surface area contributed by atoms with Gasteiger partial charge in [0.25, 0.3) is 0 Å². The Labute approximate surface area is 338 Å². The maximum absolute atomic E-state index is 12.9. The second kappa shape index (κ2) is 15.3. The standard InChI is InChI=1S/C43H57N9O4S/c1-27-29-10-9-17-52(37(29)51-50-36(27)49-39-47-32-11-5-6-12-33(32)57-39)34-14-13-30(35(48-34)38(54)55)31(20-44)28(2)46-26-42-21-40(3)23-43(25-42,24-41(40,4)22-42)56-19-16-45-15-7-8-18-53/h5-6,11-14,20,45,50-51,53H,7-10,15-19,21-26,44H2,1-4H3,(H,47,49)(H,54,55)/b31-20+,46-28?. The number of unbranched alkanes of at least 4 members (excludes halogenated alkanes) is 1. The van der Waals surface area contributed by atoms with Crippen LogP contribution in [0.5, 0.6) is 0 Å². The van der Waals surface area contributed by atoms with E-state index in [2.05, 4.69) is 48.3 Å². The highest BCUT2D eigenvalue weighted by atomic mass is 32.1. The number of hydrogen-bond donors (Lipinski definition) is 7. The molecule has 14 heteroatoms. The number of benzene rings is 1. The molecule has 2 unspecified atom stereocenters. The lowest BCUT2D eigenvalue weighted by Crippen LogP contribution is -2.47. The Bertz CT molecular complexity index is 2120. The van der Waals surface area contributed by atoms with Crippen molar-refractivity contribution in [1.29, 1.82) is 0 Å². The normalized spacial score (nSPS) is 28.3. The zero-order valence-electron chi connectivity index (χ0n) is 33.6. The summed E-state index contributed by atoms with van der Waals surface area (Å²) in [6.07, 6.45) is 10.4. The van der Waals surface area contributed by atoms with Crippen LogP contribution in [-0.2, 0) is 4.74 Å². The number of carbonyl (C=O) groups is 1. The average Bonchev–Trinajstić information content (AvgIpc) is 3.72. The van der Waals surface area contributed by atoms with Crippen LogP contribution in [0.4, 0.5) is 10.9 Å². The molecule has 2 aromatic heterocycles. The van der Waals surface area contributed by atoms with Crippen molar-refractivity contribution in [2.24, 2.45) is 27.0 Å². The molecule has 4 bridgehead atoms. The number of thiazole rings is 1. The molecule has 4 heterocycles. The molecule has 9 rings (SSSR count). The number of aliphatic imine (C=N–C) groups is 1. The topological polar surface area (TPSA) is 182 Å². The summed E-state index contributed by atoms with van der Waals surface area (Å²) in [5, 5.41) is 27.3. The third-order valence-electron chi connectivity index (χ3n) is 13.4. The van der Waals surface area contributed by atoms with Crippen LogP contribution in [0.2, 0.25) is 0 Å². The summed E-state index contributed by atoms with van der Waals surface area (Å²) in [6.45, 7) is 12.8. The first kappa shape index (κ1) is 39.3. The van der Waals surface area contributed by atoms with Crippen molar-refractivity contribution >= 4 is 49.8 Å². The van der Waals surface area contributed by atoms with E-state index in [0.29, 0.717) is 42.4 Å². The first-order chi connectivity index (χ1) is 27.4. The molecule has 0 amide bonds. The Balaban J connectivity index is 0.990. The predicted octanol–water partition coefficient (Wildman–Crippen LogP) is 6.52. The average molecular weight is 796 g/mol. The van der Waals surface area contributed by atoms with Crippen LogP contribution in [0.3, 0.4) is 0 Å². The molecule has 57 heavy (non-hydrogen) atoms. The molecule has 1 aromatic carbocycles. The fraction of sp³-hybridized carbons (Fsp3) is 0.535. The highest BCUT2D eigenvalue weighted by Crippen LogP contribution is 2.78. The second-order valence-electron chi connectivity index (χ2n) is 17.5. The molecule has 4 fully saturated rings. The van der Waals surface area contributed by atoms with Crippen molar-refractivity contribution in [3.63, 3.8) is 0 Å². The van der Waals surface area contributed by atoms with Crippen LogP contribution in [0.15, 0.2) is 70.4 Å². The molecule has 2 aliphatic heterocycles. The number of ether oxygens (including phenoxy) is 1. The number of fused-ring (bicyclic) bond motifs is 1. The molecule has 0 spiro atoms. The minimum atomic E-state index is -1.12. The third kappa shape index (κ3) is 7.30. The molecule has 4 aliphatic carbocycles. The van der Waals surface area contributed by atoms with E-state index >= 15 is 0 Å². The molecule has 0 saturated heterocycles. The van der Waals surface area contributed by atoms with Gasteiger partial charge in [0.1, 0.15) is 17.5 Å². The number of aliphatic hydroxyl groups excluding tert-OH is 1. The molecule has 304 valence electrons. The van der Waals surface area contributed by atoms with Gasteiger partial charge in [-0.05, 0) is 124 Å². The van der Waals surface area contributed by atoms with Crippen LogP contribution >= 0.6 is 11.3 Å². The van der Waals surface area contributed by atoms with Crippen LogP contribution in [0.25, 0.3) is 15.8 Å². The number of aromatic carboxylic acids is 1. The van der Waals surface area contributed by atoms with Crippen LogP contribution in [0, 0.1) is 16.2 Å². The molecule has 13 nitrogen and oxygen atoms in total. The monoisotopic (exact) mass is 795 g/mol. The highest BCUT2D eigenvalue weighted by molar-refractivity contribution is 7.22. The lowest BCUT2D eigenvalue weighted by Gasteiger charge is -2.47. The number of anilines is 2. The number of para-hydroxylation sites is 1. The zero-order valence-corrected chi connectivity index (χ0v) is 34.4. The minimum Gasteiger partial charge on any atom is -0.476 e. The molecule has 4 saturated carbocycles. The molecular formula is C43H57N9O4S. The van der Waals surface area contributed by atoms with Crippen molar-refractivity contribution in [2.45, 2.75) is 91.1 Å². The van der Waals surface area contributed by atoms with E-state index in [1.54, 1.807) is 11.3 Å². The number of hydrogen-bond acceptors (Lipinski definition) is 13. The van der Waals surface area contributed by atoms with Gasteiger partial charge in [0.05, 0.1) is 22.4 Å². The van der Waals surface area contributed by atoms with Gasteiger partial charge in [-0.1, -0.05) is 37.3 Å². The first-order valence-electron chi connectivity index (χ1n) is 20.4. The number of aromatic nitrogens is 2. The summed E-state index contributed by atoms with van der Waals surface area (Å²) in [5.74, 6) is 1.11. The number of carboxylic acids is 1. The quantitative estimate of drug-likeness (QED) is 0.0617. The van der Waals surface area contributed by atoms with Gasteiger partial charge in [-0.2, -0.15) is 0 Å². The van der Waals surface area contributed by atoms with E-state index < -0.39 is 5.97 Å². The van der Waals surface area contributed by atoms with Crippen LogP contribution < -0.4 is 32.1 Å². The highest BCUT2D eigenvalue weighted by Gasteiger charge is 2.73. The summed E-state index contributed by atoms with van der Waals surface area (Å²) in [7, 11) is 0. The van der Waals surface area contributed by atoms with E-state index in [1.165, 1.54) is 6.20 Å². The Hall–Kier alpha value is -4.50. The lowest BCUT2D eigenvalue weighted by molar-refractivity contribution is -0.108. The number of hydrazine groups is 1. The zero-order chi connectivity index (χ0) is 40.0. The SMILES string of the molecule is CC(=NCC12CC3(OCCNCCCCO)CC(C)(C1)C(C)(C2)C3)/C(=C\N)c1ccc(N2CCCC3=C2NNC(Nc2nc4ccccc4s2)=C3C)nc1C(=O)O. The van der Waals surface area contributed by atoms with Gasteiger partial charge in [-0.3, -0.25) is 15.8 Å². The van der Waals surface area contributed by atoms with E-state index in [9.17, 15) is 9.90 Å². The maximum atomic E-state index is 12.9. The van der Waals surface area contributed by atoms with E-state index in [4.69, 9.17) is 30.5 Å². The molecular weight excluding hydrogens is 739 g/mol. The second-order valence-corrected chi connectivity index (χ2v) is 18.5. The Morgan fingerprint density at radius 3 is 2.60 bits per heavy atom. The number of aliphatic hydroxyl groups is 1. The molecule has 6 aliphatic rings. The van der Waals surface area contributed by atoms with Crippen molar-refractivity contribution in [1.82, 2.24) is 26.1 Å². The van der Waals surface area contributed by atoms with Crippen LogP contribution in [-0.4, -0.2) is 76.9 Å². The number of carboxylic acid groups (broad SMARTS) is 1. The van der Waals surface area contributed by atoms with Gasteiger partial charge in [-0.25, -0.2) is 14.8 Å². The largest absolute Gasteiger partial charge is 0.476 e. The van der Waals surface area contributed by atoms with E-state index in [-0.39, 0.29) is 34.1 Å². The Morgan fingerprint density at radius 1 is 1.07 bits per heavy atom. The lowest BCUT2D eigenvalue weighted by atomic mass is 9.64. The number of pyridine rings is 1. The van der Waals surface area contributed by atoms with Crippen molar-refractivity contribution in [3.05, 3.63) is 76.6 Å². The summed E-state index contributed by atoms with van der Waals surface area (Å²) in [4.78, 5) is 29.6. The number of nitrogens with two attached hydrogens (primary N) is 1. The van der Waals surface area contributed by atoms with Gasteiger partial charge in [0.15, 0.2) is 10.8 Å². The summed E-state index contributed by atoms with van der Waals surface area (Å²) >= 11 is 1.60. The van der Waals surface area contributed by atoms with Gasteiger partial charge >= 0.3 is 5.97 Å². The molecule has 0 radical (unpaired) electrons. The number of rotatable bonds is 16. The number of nitrogens with one attached hydrogen (secondary N) is 4. The van der Waals surface area contributed by atoms with Crippen molar-refractivity contribution in [2.75, 3.05) is 49.6 Å². The first-order valence-corrected chi connectivity index (χ1v) is 21.2. The van der Waals surface area contributed by atoms with Crippen molar-refractivity contribution in [3.8, 4) is 0 Å². The van der Waals surface area contributed by atoms with Gasteiger partial charge in [0, 0.05) is 54.9 Å². The van der Waals surface area contributed by atoms with E-state index in [0.717, 1.165) is 109 Å². The molecule has 2 atom stereocenters. The Morgan fingerprint density at radius 2 is 1.86 bits per heavy atom. The number of allylic oxidation sites excluding steroid dienone is 3. The van der Waals surface area contributed by atoms with Gasteiger partial charge < -0.3 is 36.2 Å². The minimum absolute atomic E-state index is 0.0182. The summed E-state index contributed by atoms with van der Waals surface area (Å²) in [5.41, 5.74) is 18.1. The fourth-order valence-electron chi connectivity index (χ4n) is 11.1. The van der Waals surface area contributed by atoms with Crippen molar-refractivity contribution < 1.29 is 19.7 Å². The third-order valence-corrected chi connectivity index (χ3v) is 14.4. The van der Waals surface area contributed by atoms with Crippen LogP contribution in [0.1, 0.15) is 102 Å². The maximum Gasteiger partial charge on any atom is 0.355 e. The molecule has 3 aromatic rings. The smallest absolute Gasteiger partial charge is 0.355 e. The summed E-state index contributed by atoms with van der Waals surface area (Å²) in [6, 6.07) is 11.8. The summed E-state index contributed by atoms with van der Waals surface area (Å²) < 4.78 is 7.88. The predicted molar refractivity (Wildman–Crippen MR) is 227 cm³/mol. The molecule has 8 N–H and O–H groups in total. The fourth-order valence-corrected chi connectivity index (χ4v) is 12.0. The Kier molecular flexibility index (Phi) is 10.6.